The fraction of sp³-hybridized carbons (Fsp3) is 0.375. The fourth-order valence-corrected chi connectivity index (χ4v) is 4.21. The van der Waals surface area contributed by atoms with Crippen LogP contribution in [-0.2, 0) is 10.0 Å². The average molecular weight is 373 g/mol. The molecule has 0 saturated carbocycles. The van der Waals surface area contributed by atoms with E-state index in [1.807, 2.05) is 6.07 Å². The van der Waals surface area contributed by atoms with Gasteiger partial charge in [0, 0.05) is 25.0 Å². The van der Waals surface area contributed by atoms with Crippen LogP contribution in [0.1, 0.15) is 25.6 Å². The first kappa shape index (κ1) is 18.0. The minimum atomic E-state index is -3.53. The van der Waals surface area contributed by atoms with Crippen LogP contribution in [0.3, 0.4) is 0 Å². The van der Waals surface area contributed by atoms with E-state index in [1.54, 1.807) is 24.3 Å². The molecule has 3 rings (SSSR count). The molecule has 1 aliphatic heterocycles. The van der Waals surface area contributed by atoms with Gasteiger partial charge in [-0.15, -0.1) is 10.2 Å². The summed E-state index contributed by atoms with van der Waals surface area (Å²) in [4.78, 5) is 0.225. The van der Waals surface area contributed by atoms with E-state index in [2.05, 4.69) is 32.9 Å². The summed E-state index contributed by atoms with van der Waals surface area (Å²) in [7, 11) is -3.53. The smallest absolute Gasteiger partial charge is 0.243 e. The molecule has 1 aromatic carbocycles. The summed E-state index contributed by atoms with van der Waals surface area (Å²) in [6.45, 7) is 3.21. The van der Waals surface area contributed by atoms with Crippen LogP contribution in [-0.4, -0.2) is 46.4 Å². The molecule has 10 heteroatoms. The normalized spacial score (nSPS) is 17.0. The fourth-order valence-electron chi connectivity index (χ4n) is 2.70. The number of rotatable bonds is 5. The SMILES string of the molecule is CC1CCN(S(=O)(=O)c2cccc(NC=C(C#N)c3nn[nH]n3)c2)CC1. The maximum absolute atomic E-state index is 12.8. The minimum absolute atomic E-state index is 0.159. The summed E-state index contributed by atoms with van der Waals surface area (Å²) in [6.07, 6.45) is 3.16. The molecule has 0 unspecified atom stereocenters. The molecule has 2 heterocycles. The highest BCUT2D eigenvalue weighted by atomic mass is 32.2. The first-order chi connectivity index (χ1) is 12.5. The van der Waals surface area contributed by atoms with Gasteiger partial charge in [0.2, 0.25) is 15.8 Å². The second kappa shape index (κ2) is 7.63. The predicted molar refractivity (Wildman–Crippen MR) is 95.0 cm³/mol. The molecule has 26 heavy (non-hydrogen) atoms. The molecule has 0 atom stereocenters. The van der Waals surface area contributed by atoms with E-state index in [9.17, 15) is 8.42 Å². The first-order valence-electron chi connectivity index (χ1n) is 8.21. The van der Waals surface area contributed by atoms with Gasteiger partial charge in [0.1, 0.15) is 11.6 Å². The zero-order valence-corrected chi connectivity index (χ0v) is 15.1. The molecule has 0 radical (unpaired) electrons. The number of nitrogens with zero attached hydrogens (tertiary/aromatic N) is 5. The number of aromatic nitrogens is 4. The Bertz CT molecular complexity index is 924. The third-order valence-electron chi connectivity index (χ3n) is 4.30. The van der Waals surface area contributed by atoms with Crippen molar-refractivity contribution < 1.29 is 8.42 Å². The number of tetrazole rings is 1. The van der Waals surface area contributed by atoms with Crippen molar-refractivity contribution in [2.45, 2.75) is 24.7 Å². The lowest BCUT2D eigenvalue weighted by atomic mass is 10.0. The van der Waals surface area contributed by atoms with E-state index in [4.69, 9.17) is 5.26 Å². The highest BCUT2D eigenvalue weighted by Gasteiger charge is 2.28. The Morgan fingerprint density at radius 2 is 2.19 bits per heavy atom. The molecule has 1 aromatic heterocycles. The summed E-state index contributed by atoms with van der Waals surface area (Å²) in [5.74, 6) is 0.709. The Labute approximate surface area is 151 Å². The Morgan fingerprint density at radius 1 is 1.42 bits per heavy atom. The number of piperidine rings is 1. The van der Waals surface area contributed by atoms with Gasteiger partial charge < -0.3 is 5.32 Å². The third kappa shape index (κ3) is 3.89. The van der Waals surface area contributed by atoms with Crippen molar-refractivity contribution in [2.75, 3.05) is 18.4 Å². The Balaban J connectivity index is 1.79. The van der Waals surface area contributed by atoms with E-state index in [1.165, 1.54) is 10.5 Å². The zero-order chi connectivity index (χ0) is 18.6. The second-order valence-corrected chi connectivity index (χ2v) is 8.10. The topological polar surface area (TPSA) is 128 Å². The van der Waals surface area contributed by atoms with Gasteiger partial charge in [-0.1, -0.05) is 13.0 Å². The van der Waals surface area contributed by atoms with Crippen molar-refractivity contribution in [3.63, 3.8) is 0 Å². The minimum Gasteiger partial charge on any atom is -0.360 e. The highest BCUT2D eigenvalue weighted by Crippen LogP contribution is 2.25. The molecule has 1 fully saturated rings. The van der Waals surface area contributed by atoms with Crippen LogP contribution in [0.25, 0.3) is 5.57 Å². The molecule has 0 spiro atoms. The third-order valence-corrected chi connectivity index (χ3v) is 6.20. The highest BCUT2D eigenvalue weighted by molar-refractivity contribution is 7.89. The number of sulfonamides is 1. The van der Waals surface area contributed by atoms with E-state index < -0.39 is 10.0 Å². The van der Waals surface area contributed by atoms with Crippen LogP contribution in [0, 0.1) is 17.2 Å². The van der Waals surface area contributed by atoms with E-state index in [-0.39, 0.29) is 16.3 Å². The van der Waals surface area contributed by atoms with Crippen molar-refractivity contribution in [3.05, 3.63) is 36.3 Å². The molecule has 0 aliphatic carbocycles. The molecule has 136 valence electrons. The quantitative estimate of drug-likeness (QED) is 0.762. The summed E-state index contributed by atoms with van der Waals surface area (Å²) >= 11 is 0. The molecular formula is C16H19N7O2S. The van der Waals surface area contributed by atoms with Crippen molar-refractivity contribution in [2.24, 2.45) is 5.92 Å². The number of anilines is 1. The first-order valence-corrected chi connectivity index (χ1v) is 9.65. The van der Waals surface area contributed by atoms with Crippen LogP contribution < -0.4 is 5.32 Å². The molecule has 2 aromatic rings. The number of aromatic amines is 1. The maximum atomic E-state index is 12.8. The molecule has 1 saturated heterocycles. The Hall–Kier alpha value is -2.77. The largest absolute Gasteiger partial charge is 0.360 e. The van der Waals surface area contributed by atoms with Crippen LogP contribution in [0.15, 0.2) is 35.4 Å². The number of nitrogens with one attached hydrogen (secondary N) is 2. The van der Waals surface area contributed by atoms with Crippen LogP contribution in [0.4, 0.5) is 5.69 Å². The van der Waals surface area contributed by atoms with Gasteiger partial charge in [-0.2, -0.15) is 14.8 Å². The van der Waals surface area contributed by atoms with Crippen LogP contribution in [0.2, 0.25) is 0 Å². The van der Waals surface area contributed by atoms with Crippen LogP contribution in [0.5, 0.6) is 0 Å². The van der Waals surface area contributed by atoms with Crippen molar-refractivity contribution in [3.8, 4) is 6.07 Å². The molecule has 0 bridgehead atoms. The monoisotopic (exact) mass is 373 g/mol. The van der Waals surface area contributed by atoms with Gasteiger partial charge in [0.15, 0.2) is 0 Å². The summed E-state index contributed by atoms with van der Waals surface area (Å²) < 4.78 is 27.2. The second-order valence-electron chi connectivity index (χ2n) is 6.16. The maximum Gasteiger partial charge on any atom is 0.243 e. The Kier molecular flexibility index (Phi) is 5.29. The molecule has 0 amide bonds. The van der Waals surface area contributed by atoms with Gasteiger partial charge in [-0.3, -0.25) is 0 Å². The number of nitriles is 1. The number of allylic oxidation sites excluding steroid dienone is 1. The van der Waals surface area contributed by atoms with E-state index in [0.717, 1.165) is 12.8 Å². The van der Waals surface area contributed by atoms with E-state index >= 15 is 0 Å². The molecule has 9 nitrogen and oxygen atoms in total. The van der Waals surface area contributed by atoms with Gasteiger partial charge in [0.05, 0.1) is 4.90 Å². The molecule has 1 aliphatic rings. The van der Waals surface area contributed by atoms with Gasteiger partial charge in [0.25, 0.3) is 0 Å². The Morgan fingerprint density at radius 3 is 2.85 bits per heavy atom. The number of benzene rings is 1. The number of H-pyrrole nitrogens is 1. The van der Waals surface area contributed by atoms with Crippen molar-refractivity contribution >= 4 is 21.3 Å². The van der Waals surface area contributed by atoms with Crippen molar-refractivity contribution in [1.82, 2.24) is 24.9 Å². The van der Waals surface area contributed by atoms with E-state index in [0.29, 0.717) is 24.7 Å². The van der Waals surface area contributed by atoms with Gasteiger partial charge >= 0.3 is 0 Å². The molecular weight excluding hydrogens is 354 g/mol. The average Bonchev–Trinajstić information content (AvgIpc) is 3.17. The lowest BCUT2D eigenvalue weighted by molar-refractivity contribution is 0.288. The predicted octanol–water partition coefficient (Wildman–Crippen LogP) is 1.60. The lowest BCUT2D eigenvalue weighted by Gasteiger charge is -2.29. The van der Waals surface area contributed by atoms with Gasteiger partial charge in [-0.05, 0) is 42.2 Å². The van der Waals surface area contributed by atoms with Gasteiger partial charge in [-0.25, -0.2) is 8.42 Å². The zero-order valence-electron chi connectivity index (χ0n) is 14.3. The van der Waals surface area contributed by atoms with Crippen molar-refractivity contribution in [1.29, 1.82) is 5.26 Å². The molecule has 2 N–H and O–H groups in total. The summed E-state index contributed by atoms with van der Waals surface area (Å²) in [5.41, 5.74) is 0.727. The van der Waals surface area contributed by atoms with Crippen LogP contribution >= 0.6 is 0 Å². The standard InChI is InChI=1S/C16H19N7O2S/c1-12-5-7-23(8-6-12)26(24,25)15-4-2-3-14(9-15)18-11-13(10-17)16-19-21-22-20-16/h2-4,9,11-12,18H,5-8H2,1H3,(H,19,20,21,22). The summed E-state index contributed by atoms with van der Waals surface area (Å²) in [6, 6.07) is 8.47. The summed E-state index contributed by atoms with van der Waals surface area (Å²) in [5, 5.41) is 25.3. The lowest BCUT2D eigenvalue weighted by Crippen LogP contribution is -2.37. The number of hydrogen-bond donors (Lipinski definition) is 2. The number of hydrogen-bond acceptors (Lipinski definition) is 7.